The summed E-state index contributed by atoms with van der Waals surface area (Å²) >= 11 is 0. The highest BCUT2D eigenvalue weighted by atomic mass is 16.2. The monoisotopic (exact) mass is 236 g/mol. The van der Waals surface area contributed by atoms with E-state index in [1.54, 1.807) is 19.0 Å². The lowest BCUT2D eigenvalue weighted by molar-refractivity contribution is 0.0820. The third-order valence-electron chi connectivity index (χ3n) is 3.24. The smallest absolute Gasteiger partial charge is 0.274 e. The molecule has 0 N–H and O–H groups in total. The Bertz CT molecular complexity index is 436. The second-order valence-electron chi connectivity index (χ2n) is 4.79. The van der Waals surface area contributed by atoms with Crippen LogP contribution in [0.25, 0.3) is 0 Å². The molecule has 0 saturated heterocycles. The molecule has 2 heterocycles. The Labute approximate surface area is 102 Å². The summed E-state index contributed by atoms with van der Waals surface area (Å²) < 4.78 is 2.00. The second kappa shape index (κ2) is 4.49. The van der Waals surface area contributed by atoms with Gasteiger partial charge in [-0.2, -0.15) is 5.10 Å². The van der Waals surface area contributed by atoms with E-state index in [2.05, 4.69) is 24.0 Å². The van der Waals surface area contributed by atoms with E-state index in [1.165, 1.54) is 5.69 Å². The number of likely N-dealkylation sites (N-methyl/N-ethyl adjacent to an activating group) is 1. The van der Waals surface area contributed by atoms with Crippen LogP contribution in [0.2, 0.25) is 0 Å². The standard InChI is InChI=1S/C12H20N4O/c1-5-9-10-8-15(4)6-7-16(10)13-11(9)12(17)14(2)3/h5-8H2,1-4H3. The fraction of sp³-hybridized carbons (Fsp3) is 0.667. The number of hydrogen-bond acceptors (Lipinski definition) is 3. The summed E-state index contributed by atoms with van der Waals surface area (Å²) in [6.07, 6.45) is 0.859. The Balaban J connectivity index is 2.44. The molecular formula is C12H20N4O. The van der Waals surface area contributed by atoms with Crippen molar-refractivity contribution in [2.75, 3.05) is 27.7 Å². The zero-order valence-electron chi connectivity index (χ0n) is 11.0. The number of aromatic nitrogens is 2. The Morgan fingerprint density at radius 1 is 1.41 bits per heavy atom. The van der Waals surface area contributed by atoms with Crippen molar-refractivity contribution in [2.24, 2.45) is 0 Å². The van der Waals surface area contributed by atoms with Gasteiger partial charge in [0.05, 0.1) is 12.2 Å². The molecule has 5 heteroatoms. The second-order valence-corrected chi connectivity index (χ2v) is 4.79. The SMILES string of the molecule is CCc1c(C(=O)N(C)C)nn2c1CN(C)CC2. The van der Waals surface area contributed by atoms with Crippen LogP contribution in [0.15, 0.2) is 0 Å². The number of carbonyl (C=O) groups excluding carboxylic acids is 1. The van der Waals surface area contributed by atoms with Crippen molar-refractivity contribution in [3.8, 4) is 0 Å². The van der Waals surface area contributed by atoms with E-state index in [4.69, 9.17) is 0 Å². The maximum atomic E-state index is 12.1. The quantitative estimate of drug-likeness (QED) is 0.755. The summed E-state index contributed by atoms with van der Waals surface area (Å²) in [5.74, 6) is 0.00593. The van der Waals surface area contributed by atoms with Gasteiger partial charge in [0.15, 0.2) is 5.69 Å². The van der Waals surface area contributed by atoms with Crippen LogP contribution in [0, 0.1) is 0 Å². The van der Waals surface area contributed by atoms with Gasteiger partial charge in [0.1, 0.15) is 0 Å². The molecule has 1 aromatic heterocycles. The van der Waals surface area contributed by atoms with E-state index in [0.29, 0.717) is 5.69 Å². The molecule has 1 aliphatic rings. The molecule has 1 aliphatic heterocycles. The third kappa shape index (κ3) is 2.07. The van der Waals surface area contributed by atoms with Crippen LogP contribution < -0.4 is 0 Å². The molecule has 0 saturated carbocycles. The van der Waals surface area contributed by atoms with Crippen LogP contribution in [0.3, 0.4) is 0 Å². The topological polar surface area (TPSA) is 41.4 Å². The Morgan fingerprint density at radius 3 is 2.71 bits per heavy atom. The van der Waals surface area contributed by atoms with Crippen molar-refractivity contribution in [1.82, 2.24) is 19.6 Å². The molecule has 0 radical (unpaired) electrons. The van der Waals surface area contributed by atoms with Gasteiger partial charge in [0.2, 0.25) is 0 Å². The molecule has 0 fully saturated rings. The highest BCUT2D eigenvalue weighted by molar-refractivity contribution is 5.93. The first kappa shape index (κ1) is 12.1. The molecule has 0 aromatic carbocycles. The van der Waals surface area contributed by atoms with Gasteiger partial charge in [-0.3, -0.25) is 14.4 Å². The number of nitrogens with zero attached hydrogens (tertiary/aromatic N) is 4. The first-order valence-corrected chi connectivity index (χ1v) is 6.03. The number of hydrogen-bond donors (Lipinski definition) is 0. The van der Waals surface area contributed by atoms with E-state index in [1.807, 2.05) is 4.68 Å². The number of amides is 1. The minimum Gasteiger partial charge on any atom is -0.343 e. The lowest BCUT2D eigenvalue weighted by Crippen LogP contribution is -2.31. The lowest BCUT2D eigenvalue weighted by Gasteiger charge is -2.24. The molecule has 0 spiro atoms. The molecule has 1 amide bonds. The van der Waals surface area contributed by atoms with Gasteiger partial charge in [-0.05, 0) is 13.5 Å². The van der Waals surface area contributed by atoms with Crippen molar-refractivity contribution in [3.63, 3.8) is 0 Å². The van der Waals surface area contributed by atoms with E-state index >= 15 is 0 Å². The van der Waals surface area contributed by atoms with Crippen LogP contribution in [-0.2, 0) is 19.5 Å². The van der Waals surface area contributed by atoms with Gasteiger partial charge in [0.25, 0.3) is 5.91 Å². The Kier molecular flexibility index (Phi) is 3.19. The molecule has 2 rings (SSSR count). The summed E-state index contributed by atoms with van der Waals surface area (Å²) in [5.41, 5.74) is 2.93. The first-order valence-electron chi connectivity index (χ1n) is 6.03. The maximum absolute atomic E-state index is 12.1. The van der Waals surface area contributed by atoms with Crippen molar-refractivity contribution in [2.45, 2.75) is 26.4 Å². The van der Waals surface area contributed by atoms with Crippen LogP contribution in [0.5, 0.6) is 0 Å². The summed E-state index contributed by atoms with van der Waals surface area (Å²) in [7, 11) is 5.64. The molecule has 5 nitrogen and oxygen atoms in total. The van der Waals surface area contributed by atoms with Crippen LogP contribution in [-0.4, -0.2) is 53.2 Å². The minimum atomic E-state index is 0.00593. The number of fused-ring (bicyclic) bond motifs is 1. The van der Waals surface area contributed by atoms with Crippen LogP contribution >= 0.6 is 0 Å². The highest BCUT2D eigenvalue weighted by Gasteiger charge is 2.25. The minimum absolute atomic E-state index is 0.00593. The number of rotatable bonds is 2. The Morgan fingerprint density at radius 2 is 2.12 bits per heavy atom. The van der Waals surface area contributed by atoms with Gasteiger partial charge < -0.3 is 4.90 Å². The van der Waals surface area contributed by atoms with Crippen LogP contribution in [0.1, 0.15) is 28.7 Å². The predicted octanol–water partition coefficient (Wildman–Crippen LogP) is 0.593. The zero-order chi connectivity index (χ0) is 12.6. The molecule has 0 bridgehead atoms. The summed E-state index contributed by atoms with van der Waals surface area (Å²) in [4.78, 5) is 15.9. The average Bonchev–Trinajstić information content (AvgIpc) is 2.65. The number of carbonyl (C=O) groups is 1. The van der Waals surface area contributed by atoms with E-state index < -0.39 is 0 Å². The normalized spacial score (nSPS) is 15.8. The third-order valence-corrected chi connectivity index (χ3v) is 3.24. The van der Waals surface area contributed by atoms with E-state index in [-0.39, 0.29) is 5.91 Å². The maximum Gasteiger partial charge on any atom is 0.274 e. The van der Waals surface area contributed by atoms with Crippen molar-refractivity contribution in [1.29, 1.82) is 0 Å². The molecule has 0 atom stereocenters. The Hall–Kier alpha value is -1.36. The molecular weight excluding hydrogens is 216 g/mol. The van der Waals surface area contributed by atoms with Crippen molar-refractivity contribution < 1.29 is 4.79 Å². The largest absolute Gasteiger partial charge is 0.343 e. The molecule has 17 heavy (non-hydrogen) atoms. The lowest BCUT2D eigenvalue weighted by atomic mass is 10.1. The van der Waals surface area contributed by atoms with E-state index in [9.17, 15) is 4.79 Å². The fourth-order valence-corrected chi connectivity index (χ4v) is 2.25. The highest BCUT2D eigenvalue weighted by Crippen LogP contribution is 2.21. The van der Waals surface area contributed by atoms with Gasteiger partial charge >= 0.3 is 0 Å². The van der Waals surface area contributed by atoms with Crippen molar-refractivity contribution in [3.05, 3.63) is 17.0 Å². The van der Waals surface area contributed by atoms with Gasteiger partial charge in [-0.25, -0.2) is 0 Å². The molecule has 94 valence electrons. The van der Waals surface area contributed by atoms with Gasteiger partial charge in [-0.15, -0.1) is 0 Å². The molecule has 1 aromatic rings. The van der Waals surface area contributed by atoms with Crippen LogP contribution in [0.4, 0.5) is 0 Å². The summed E-state index contributed by atoms with van der Waals surface area (Å²) in [5, 5.41) is 4.48. The zero-order valence-corrected chi connectivity index (χ0v) is 11.0. The van der Waals surface area contributed by atoms with Gasteiger partial charge in [-0.1, -0.05) is 6.92 Å². The fourth-order valence-electron chi connectivity index (χ4n) is 2.25. The van der Waals surface area contributed by atoms with Crippen molar-refractivity contribution >= 4 is 5.91 Å². The molecule has 0 aliphatic carbocycles. The predicted molar refractivity (Wildman–Crippen MR) is 66.0 cm³/mol. The molecule has 0 unspecified atom stereocenters. The average molecular weight is 236 g/mol. The van der Waals surface area contributed by atoms with Gasteiger partial charge in [0, 0.05) is 32.7 Å². The van der Waals surface area contributed by atoms with E-state index in [0.717, 1.165) is 31.6 Å². The summed E-state index contributed by atoms with van der Waals surface area (Å²) in [6.45, 7) is 4.84. The summed E-state index contributed by atoms with van der Waals surface area (Å²) in [6, 6.07) is 0. The first-order chi connectivity index (χ1) is 8.04.